The van der Waals surface area contributed by atoms with Crippen LogP contribution >= 0.6 is 15.9 Å². The molecular weight excluding hydrogens is 238 g/mol. The third kappa shape index (κ3) is 3.43. The zero-order valence-corrected chi connectivity index (χ0v) is 8.73. The second kappa shape index (κ2) is 5.32. The van der Waals surface area contributed by atoms with Crippen molar-refractivity contribution in [1.29, 1.82) is 0 Å². The van der Waals surface area contributed by atoms with Gasteiger partial charge in [-0.2, -0.15) is 0 Å². The SMILES string of the molecule is FC(F)c1ccc(CCCBr)cc1. The second-order valence-electron chi connectivity index (χ2n) is 2.83. The zero-order valence-electron chi connectivity index (χ0n) is 7.14. The van der Waals surface area contributed by atoms with Crippen molar-refractivity contribution in [3.63, 3.8) is 0 Å². The Kier molecular flexibility index (Phi) is 4.36. The molecule has 0 atom stereocenters. The van der Waals surface area contributed by atoms with Gasteiger partial charge >= 0.3 is 0 Å². The minimum atomic E-state index is -2.36. The van der Waals surface area contributed by atoms with Crippen LogP contribution < -0.4 is 0 Å². The first-order valence-electron chi connectivity index (χ1n) is 4.17. The monoisotopic (exact) mass is 248 g/mol. The van der Waals surface area contributed by atoms with Gasteiger partial charge in [0.1, 0.15) is 0 Å². The summed E-state index contributed by atoms with van der Waals surface area (Å²) in [4.78, 5) is 0. The molecule has 0 amide bonds. The first-order valence-corrected chi connectivity index (χ1v) is 5.29. The van der Waals surface area contributed by atoms with E-state index in [0.29, 0.717) is 0 Å². The Labute approximate surface area is 85.1 Å². The van der Waals surface area contributed by atoms with E-state index >= 15 is 0 Å². The van der Waals surface area contributed by atoms with Crippen molar-refractivity contribution in [3.8, 4) is 0 Å². The van der Waals surface area contributed by atoms with Gasteiger partial charge in [0.2, 0.25) is 0 Å². The molecule has 13 heavy (non-hydrogen) atoms. The Morgan fingerprint density at radius 1 is 1.15 bits per heavy atom. The van der Waals surface area contributed by atoms with Crippen LogP contribution in [0.5, 0.6) is 0 Å². The van der Waals surface area contributed by atoms with Crippen molar-refractivity contribution in [1.82, 2.24) is 0 Å². The number of benzene rings is 1. The van der Waals surface area contributed by atoms with E-state index in [0.717, 1.165) is 23.7 Å². The molecule has 0 saturated carbocycles. The summed E-state index contributed by atoms with van der Waals surface area (Å²) in [5, 5.41) is 0.948. The Balaban J connectivity index is 2.59. The minimum Gasteiger partial charge on any atom is -0.205 e. The molecular formula is C10H11BrF2. The van der Waals surface area contributed by atoms with E-state index in [1.54, 1.807) is 12.1 Å². The summed E-state index contributed by atoms with van der Waals surface area (Å²) in [6, 6.07) is 6.52. The molecule has 0 saturated heterocycles. The van der Waals surface area contributed by atoms with Crippen molar-refractivity contribution < 1.29 is 8.78 Å². The van der Waals surface area contributed by atoms with E-state index in [2.05, 4.69) is 15.9 Å². The van der Waals surface area contributed by atoms with Gasteiger partial charge in [0.15, 0.2) is 0 Å². The highest BCUT2D eigenvalue weighted by Crippen LogP contribution is 2.19. The third-order valence-corrected chi connectivity index (χ3v) is 2.39. The molecule has 0 N–H and O–H groups in total. The van der Waals surface area contributed by atoms with E-state index in [9.17, 15) is 8.78 Å². The predicted octanol–water partition coefficient (Wildman–Crippen LogP) is 3.95. The first kappa shape index (κ1) is 10.6. The summed E-state index contributed by atoms with van der Waals surface area (Å²) in [5.41, 5.74) is 1.21. The molecule has 0 nitrogen and oxygen atoms in total. The molecule has 0 aliphatic heterocycles. The zero-order chi connectivity index (χ0) is 9.68. The minimum absolute atomic E-state index is 0.0996. The molecule has 0 bridgehead atoms. The van der Waals surface area contributed by atoms with Crippen LogP contribution in [0.4, 0.5) is 8.78 Å². The van der Waals surface area contributed by atoms with Crippen LogP contribution in [-0.4, -0.2) is 5.33 Å². The first-order chi connectivity index (χ1) is 6.24. The Morgan fingerprint density at radius 2 is 1.77 bits per heavy atom. The molecule has 1 aromatic carbocycles. The number of aryl methyl sites for hydroxylation is 1. The highest BCUT2D eigenvalue weighted by molar-refractivity contribution is 9.09. The van der Waals surface area contributed by atoms with Crippen molar-refractivity contribution >= 4 is 15.9 Å². The van der Waals surface area contributed by atoms with Gasteiger partial charge in [-0.25, -0.2) is 8.78 Å². The fourth-order valence-electron chi connectivity index (χ4n) is 1.10. The van der Waals surface area contributed by atoms with Gasteiger partial charge in [0.05, 0.1) is 0 Å². The van der Waals surface area contributed by atoms with Crippen molar-refractivity contribution in [2.75, 3.05) is 5.33 Å². The summed E-state index contributed by atoms with van der Waals surface area (Å²) >= 11 is 3.32. The maximum Gasteiger partial charge on any atom is 0.263 e. The van der Waals surface area contributed by atoms with Crippen molar-refractivity contribution in [2.45, 2.75) is 19.3 Å². The largest absolute Gasteiger partial charge is 0.263 e. The topological polar surface area (TPSA) is 0 Å². The summed E-state index contributed by atoms with van der Waals surface area (Å²) in [6.07, 6.45) is -0.381. The lowest BCUT2D eigenvalue weighted by Crippen LogP contribution is -1.88. The third-order valence-electron chi connectivity index (χ3n) is 1.83. The number of alkyl halides is 3. The van der Waals surface area contributed by atoms with Crippen LogP contribution in [-0.2, 0) is 6.42 Å². The molecule has 0 radical (unpaired) electrons. The molecule has 72 valence electrons. The predicted molar refractivity (Wildman–Crippen MR) is 53.5 cm³/mol. The maximum atomic E-state index is 12.1. The van der Waals surface area contributed by atoms with E-state index in [4.69, 9.17) is 0 Å². The number of hydrogen-bond acceptors (Lipinski definition) is 0. The Morgan fingerprint density at radius 3 is 2.23 bits per heavy atom. The second-order valence-corrected chi connectivity index (χ2v) is 3.63. The molecule has 0 fully saturated rings. The fourth-order valence-corrected chi connectivity index (χ4v) is 1.38. The quantitative estimate of drug-likeness (QED) is 0.708. The lowest BCUT2D eigenvalue weighted by atomic mass is 10.1. The fraction of sp³-hybridized carbons (Fsp3) is 0.400. The molecule has 0 aliphatic rings. The molecule has 1 rings (SSSR count). The normalized spacial score (nSPS) is 10.8. The van der Waals surface area contributed by atoms with Gasteiger partial charge in [-0.05, 0) is 18.4 Å². The van der Waals surface area contributed by atoms with E-state index in [1.165, 1.54) is 12.1 Å². The van der Waals surface area contributed by atoms with Crippen LogP contribution in [0.3, 0.4) is 0 Å². The van der Waals surface area contributed by atoms with Crippen molar-refractivity contribution in [2.24, 2.45) is 0 Å². The van der Waals surface area contributed by atoms with Crippen LogP contribution in [0.25, 0.3) is 0 Å². The van der Waals surface area contributed by atoms with Gasteiger partial charge in [0.25, 0.3) is 6.43 Å². The standard InChI is InChI=1S/C10H11BrF2/c11-7-1-2-8-3-5-9(6-4-8)10(12)13/h3-6,10H,1-2,7H2. The van der Waals surface area contributed by atoms with Gasteiger partial charge in [0, 0.05) is 10.9 Å². The number of hydrogen-bond donors (Lipinski definition) is 0. The summed E-state index contributed by atoms with van der Waals surface area (Å²) in [7, 11) is 0. The van der Waals surface area contributed by atoms with Gasteiger partial charge in [-0.3, -0.25) is 0 Å². The summed E-state index contributed by atoms with van der Waals surface area (Å²) in [5.74, 6) is 0. The molecule has 0 aromatic heterocycles. The van der Waals surface area contributed by atoms with Gasteiger partial charge in [-0.1, -0.05) is 40.2 Å². The molecule has 0 aliphatic carbocycles. The lowest BCUT2D eigenvalue weighted by Gasteiger charge is -2.01. The van der Waals surface area contributed by atoms with Crippen LogP contribution in [0.1, 0.15) is 24.0 Å². The number of rotatable bonds is 4. The van der Waals surface area contributed by atoms with Crippen LogP contribution in [0.15, 0.2) is 24.3 Å². The van der Waals surface area contributed by atoms with E-state index in [1.807, 2.05) is 0 Å². The summed E-state index contributed by atoms with van der Waals surface area (Å²) in [6.45, 7) is 0. The highest BCUT2D eigenvalue weighted by atomic mass is 79.9. The average Bonchev–Trinajstić information content (AvgIpc) is 2.15. The molecule has 0 spiro atoms. The molecule has 3 heteroatoms. The Bertz CT molecular complexity index is 244. The van der Waals surface area contributed by atoms with Crippen molar-refractivity contribution in [3.05, 3.63) is 35.4 Å². The van der Waals surface area contributed by atoms with Gasteiger partial charge < -0.3 is 0 Å². The summed E-state index contributed by atoms with van der Waals surface area (Å²) < 4.78 is 24.3. The van der Waals surface area contributed by atoms with E-state index < -0.39 is 6.43 Å². The molecule has 1 aromatic rings. The number of halogens is 3. The molecule has 0 heterocycles. The molecule has 0 unspecified atom stereocenters. The Hall–Kier alpha value is -0.440. The van der Waals surface area contributed by atoms with Crippen LogP contribution in [0.2, 0.25) is 0 Å². The highest BCUT2D eigenvalue weighted by Gasteiger charge is 2.05. The average molecular weight is 249 g/mol. The lowest BCUT2D eigenvalue weighted by molar-refractivity contribution is 0.151. The maximum absolute atomic E-state index is 12.1. The van der Waals surface area contributed by atoms with Gasteiger partial charge in [-0.15, -0.1) is 0 Å². The van der Waals surface area contributed by atoms with Crippen LogP contribution in [0, 0.1) is 0 Å². The van der Waals surface area contributed by atoms with E-state index in [-0.39, 0.29) is 5.56 Å². The smallest absolute Gasteiger partial charge is 0.205 e.